The van der Waals surface area contributed by atoms with E-state index in [1.54, 1.807) is 6.07 Å². The third-order valence-electron chi connectivity index (χ3n) is 2.62. The summed E-state index contributed by atoms with van der Waals surface area (Å²) in [6.07, 6.45) is -4.57. The number of ether oxygens (including phenoxy) is 1. The molecule has 22 heavy (non-hydrogen) atoms. The highest BCUT2D eigenvalue weighted by Crippen LogP contribution is 2.32. The summed E-state index contributed by atoms with van der Waals surface area (Å²) in [5.41, 5.74) is 1.83. The van der Waals surface area contributed by atoms with Crippen molar-refractivity contribution >= 4 is 22.4 Å². The molecule has 2 rings (SSSR count). The zero-order valence-corrected chi connectivity index (χ0v) is 12.5. The SMILES string of the molecule is Cc1ccc(C)c(OCC(=O)Nc2nnc(C(F)(F)F)s2)c1. The maximum absolute atomic E-state index is 12.4. The molecule has 9 heteroatoms. The van der Waals surface area contributed by atoms with Crippen molar-refractivity contribution in [3.8, 4) is 5.75 Å². The van der Waals surface area contributed by atoms with E-state index in [-0.39, 0.29) is 23.1 Å². The van der Waals surface area contributed by atoms with E-state index >= 15 is 0 Å². The molecule has 118 valence electrons. The fraction of sp³-hybridized carbons (Fsp3) is 0.308. The quantitative estimate of drug-likeness (QED) is 0.934. The molecule has 1 aromatic heterocycles. The van der Waals surface area contributed by atoms with Crippen molar-refractivity contribution in [2.75, 3.05) is 11.9 Å². The minimum atomic E-state index is -4.57. The summed E-state index contributed by atoms with van der Waals surface area (Å²) in [5.74, 6) is -0.0609. The number of hydrogen-bond acceptors (Lipinski definition) is 5. The van der Waals surface area contributed by atoms with Crippen LogP contribution in [0.2, 0.25) is 0 Å². The average Bonchev–Trinajstić information content (AvgIpc) is 2.88. The first kappa shape index (κ1) is 16.2. The van der Waals surface area contributed by atoms with E-state index in [1.165, 1.54) is 0 Å². The molecule has 0 radical (unpaired) electrons. The monoisotopic (exact) mass is 331 g/mol. The molecular formula is C13H12F3N3O2S. The second kappa shape index (κ2) is 6.30. The number of amides is 1. The Balaban J connectivity index is 1.93. The lowest BCUT2D eigenvalue weighted by Gasteiger charge is -2.09. The molecule has 2 aromatic rings. The highest BCUT2D eigenvalue weighted by atomic mass is 32.1. The van der Waals surface area contributed by atoms with Crippen molar-refractivity contribution in [3.05, 3.63) is 34.3 Å². The molecule has 0 bridgehead atoms. The van der Waals surface area contributed by atoms with Gasteiger partial charge in [0.15, 0.2) is 6.61 Å². The highest BCUT2D eigenvalue weighted by molar-refractivity contribution is 7.15. The average molecular weight is 331 g/mol. The van der Waals surface area contributed by atoms with Crippen LogP contribution in [0.4, 0.5) is 18.3 Å². The Hall–Kier alpha value is -2.16. The molecule has 5 nitrogen and oxygen atoms in total. The van der Waals surface area contributed by atoms with Gasteiger partial charge in [-0.2, -0.15) is 13.2 Å². The van der Waals surface area contributed by atoms with Crippen molar-refractivity contribution in [3.63, 3.8) is 0 Å². The number of rotatable bonds is 4. The number of aromatic nitrogens is 2. The minimum Gasteiger partial charge on any atom is -0.483 e. The Kier molecular flexibility index (Phi) is 4.65. The maximum Gasteiger partial charge on any atom is 0.445 e. The van der Waals surface area contributed by atoms with E-state index in [2.05, 4.69) is 15.5 Å². The lowest BCUT2D eigenvalue weighted by atomic mass is 10.1. The molecule has 0 spiro atoms. The number of nitrogens with one attached hydrogen (secondary N) is 1. The van der Waals surface area contributed by atoms with E-state index in [9.17, 15) is 18.0 Å². The van der Waals surface area contributed by atoms with Crippen LogP contribution >= 0.6 is 11.3 Å². The standard InChI is InChI=1S/C13H12F3N3O2S/c1-7-3-4-8(2)9(5-7)21-6-10(20)17-12-19-18-11(22-12)13(14,15)16/h3-5H,6H2,1-2H3,(H,17,19,20). The number of carbonyl (C=O) groups excluding carboxylic acids is 1. The number of carbonyl (C=O) groups is 1. The van der Waals surface area contributed by atoms with Crippen molar-refractivity contribution < 1.29 is 22.7 Å². The lowest BCUT2D eigenvalue weighted by molar-refractivity contribution is -0.138. The molecule has 0 unspecified atom stereocenters. The molecule has 1 N–H and O–H groups in total. The van der Waals surface area contributed by atoms with Crippen molar-refractivity contribution in [2.24, 2.45) is 0 Å². The summed E-state index contributed by atoms with van der Waals surface area (Å²) in [7, 11) is 0. The Morgan fingerprint density at radius 2 is 2.05 bits per heavy atom. The summed E-state index contributed by atoms with van der Waals surface area (Å²) in [4.78, 5) is 11.7. The van der Waals surface area contributed by atoms with Crippen LogP contribution in [0.25, 0.3) is 0 Å². The van der Waals surface area contributed by atoms with Crippen molar-refractivity contribution in [2.45, 2.75) is 20.0 Å². The number of hydrogen-bond donors (Lipinski definition) is 1. The molecule has 1 heterocycles. The topological polar surface area (TPSA) is 64.1 Å². The van der Waals surface area contributed by atoms with Crippen LogP contribution in [0.5, 0.6) is 5.75 Å². The Labute approximate surface area is 128 Å². The maximum atomic E-state index is 12.4. The fourth-order valence-electron chi connectivity index (χ4n) is 1.55. The van der Waals surface area contributed by atoms with Crippen LogP contribution in [-0.2, 0) is 11.0 Å². The Morgan fingerprint density at radius 3 is 2.68 bits per heavy atom. The molecule has 0 atom stereocenters. The van der Waals surface area contributed by atoms with Gasteiger partial charge < -0.3 is 4.74 Å². The molecule has 0 saturated heterocycles. The largest absolute Gasteiger partial charge is 0.483 e. The van der Waals surface area contributed by atoms with Gasteiger partial charge in [-0.1, -0.05) is 23.5 Å². The summed E-state index contributed by atoms with van der Waals surface area (Å²) < 4.78 is 42.4. The van der Waals surface area contributed by atoms with E-state index in [4.69, 9.17) is 4.74 Å². The van der Waals surface area contributed by atoms with Crippen molar-refractivity contribution in [1.29, 1.82) is 0 Å². The highest BCUT2D eigenvalue weighted by Gasteiger charge is 2.35. The van der Waals surface area contributed by atoms with E-state index in [1.807, 2.05) is 26.0 Å². The molecular weight excluding hydrogens is 319 g/mol. The molecule has 0 fully saturated rings. The number of benzene rings is 1. The summed E-state index contributed by atoms with van der Waals surface area (Å²) in [6, 6.07) is 5.53. The number of alkyl halides is 3. The normalized spacial score (nSPS) is 11.3. The Bertz CT molecular complexity index is 685. The third kappa shape index (κ3) is 4.17. The predicted octanol–water partition coefficient (Wildman–Crippen LogP) is 3.19. The Morgan fingerprint density at radius 1 is 1.32 bits per heavy atom. The van der Waals surface area contributed by atoms with E-state index < -0.39 is 17.1 Å². The number of nitrogens with zero attached hydrogens (tertiary/aromatic N) is 2. The summed E-state index contributed by atoms with van der Waals surface area (Å²) >= 11 is 0.261. The first-order valence-corrected chi connectivity index (χ1v) is 6.98. The van der Waals surface area contributed by atoms with Gasteiger partial charge in [0.05, 0.1) is 0 Å². The van der Waals surface area contributed by atoms with E-state index in [0.29, 0.717) is 5.75 Å². The number of anilines is 1. The van der Waals surface area contributed by atoms with Crippen molar-refractivity contribution in [1.82, 2.24) is 10.2 Å². The molecule has 0 aliphatic heterocycles. The van der Waals surface area contributed by atoms with Gasteiger partial charge in [-0.15, -0.1) is 10.2 Å². The van der Waals surface area contributed by atoms with Crippen LogP contribution in [0.15, 0.2) is 18.2 Å². The number of halogens is 3. The van der Waals surface area contributed by atoms with Gasteiger partial charge in [-0.3, -0.25) is 10.1 Å². The van der Waals surface area contributed by atoms with Crippen LogP contribution in [0, 0.1) is 13.8 Å². The zero-order valence-electron chi connectivity index (χ0n) is 11.7. The zero-order chi connectivity index (χ0) is 16.3. The van der Waals surface area contributed by atoms with Gasteiger partial charge in [-0.25, -0.2) is 0 Å². The van der Waals surface area contributed by atoms with Crippen LogP contribution in [-0.4, -0.2) is 22.7 Å². The van der Waals surface area contributed by atoms with Gasteiger partial charge in [-0.05, 0) is 31.0 Å². The number of aryl methyl sites for hydroxylation is 2. The molecule has 0 aliphatic carbocycles. The lowest BCUT2D eigenvalue weighted by Crippen LogP contribution is -2.20. The fourth-order valence-corrected chi connectivity index (χ4v) is 2.18. The smallest absolute Gasteiger partial charge is 0.445 e. The first-order chi connectivity index (χ1) is 10.3. The second-order valence-corrected chi connectivity index (χ2v) is 5.49. The van der Waals surface area contributed by atoms with Gasteiger partial charge in [0, 0.05) is 0 Å². The van der Waals surface area contributed by atoms with Crippen LogP contribution < -0.4 is 10.1 Å². The molecule has 0 aliphatic rings. The van der Waals surface area contributed by atoms with Gasteiger partial charge in [0.2, 0.25) is 10.1 Å². The first-order valence-electron chi connectivity index (χ1n) is 6.16. The summed E-state index contributed by atoms with van der Waals surface area (Å²) in [5, 5.41) is 7.13. The van der Waals surface area contributed by atoms with Crippen LogP contribution in [0.1, 0.15) is 16.1 Å². The summed E-state index contributed by atoms with van der Waals surface area (Å²) in [6.45, 7) is 3.38. The predicted molar refractivity (Wildman–Crippen MR) is 75.0 cm³/mol. The van der Waals surface area contributed by atoms with E-state index in [0.717, 1.165) is 11.1 Å². The third-order valence-corrected chi connectivity index (χ3v) is 3.50. The van der Waals surface area contributed by atoms with Crippen LogP contribution in [0.3, 0.4) is 0 Å². The van der Waals surface area contributed by atoms with Gasteiger partial charge >= 0.3 is 6.18 Å². The van der Waals surface area contributed by atoms with Gasteiger partial charge in [0.1, 0.15) is 5.75 Å². The minimum absolute atomic E-state index is 0.220. The molecule has 0 saturated carbocycles. The molecule has 1 aromatic carbocycles. The molecule has 1 amide bonds. The second-order valence-electron chi connectivity index (χ2n) is 4.52. The van der Waals surface area contributed by atoms with Gasteiger partial charge in [0.25, 0.3) is 5.91 Å².